The van der Waals surface area contributed by atoms with E-state index < -0.39 is 7.92 Å². The monoisotopic (exact) mass is 874 g/mol. The number of hydrogen-bond donors (Lipinski definition) is 0. The van der Waals surface area contributed by atoms with E-state index in [4.69, 9.17) is 9.97 Å². The molecule has 0 spiro atoms. The molecule has 0 amide bonds. The van der Waals surface area contributed by atoms with Crippen LogP contribution in [0.1, 0.15) is 193 Å². The maximum absolute atomic E-state index is 14.5. The van der Waals surface area contributed by atoms with Crippen LogP contribution in [0.25, 0.3) is 0 Å². The minimum absolute atomic E-state index is 0.0825. The average Bonchev–Trinajstić information content (AvgIpc) is 3.29. The molecule has 4 unspecified atom stereocenters. The molecule has 1 saturated heterocycles. The Labute approximate surface area is 391 Å². The van der Waals surface area contributed by atoms with E-state index in [9.17, 15) is 4.79 Å². The van der Waals surface area contributed by atoms with Gasteiger partial charge in [-0.15, -0.1) is 0 Å². The number of aryl methyl sites for hydroxylation is 2. The maximum atomic E-state index is 14.5. The number of ketones is 1. The molecule has 332 valence electrons. The first-order valence-corrected chi connectivity index (χ1v) is 25.5. The molecule has 4 heteroatoms. The molecule has 1 fully saturated rings. The van der Waals surface area contributed by atoms with E-state index in [0.717, 1.165) is 22.8 Å². The molecule has 0 bridgehead atoms. The number of carbonyl (C=O) groups is 1. The Morgan fingerprint density at radius 2 is 0.738 bits per heavy atom. The minimum Gasteiger partial charge on any atom is -0.300 e. The number of hydrogen-bond acceptors (Lipinski definition) is 3. The topological polar surface area (TPSA) is 42.9 Å². The molecule has 1 aliphatic heterocycles. The largest absolute Gasteiger partial charge is 0.300 e. The first-order chi connectivity index (χ1) is 31.3. The molecule has 0 saturated carbocycles. The lowest BCUT2D eigenvalue weighted by atomic mass is 9.73. The van der Waals surface area contributed by atoms with Gasteiger partial charge in [-0.1, -0.05) is 191 Å². The molecule has 5 aromatic carbocycles. The fraction of sp³-hybridized carbons (Fsp3) is 0.328. The van der Waals surface area contributed by atoms with Crippen LogP contribution in [0.4, 0.5) is 0 Å². The molecule has 4 atom stereocenters. The second kappa shape index (κ2) is 19.9. The van der Waals surface area contributed by atoms with Gasteiger partial charge in [0.05, 0.1) is 0 Å². The SMILES string of the molecule is Cc1cccc(C2CC(=O)CC(c3cccc(C)n3)P2c2c(C(c3ccccc3)c3c(C(C)C)cccc3C(C)C)cccc2C(c2ccccc2)c2c(C(C)C)cccc2C(C)C)n1. The highest BCUT2D eigenvalue weighted by molar-refractivity contribution is 7.66. The second-order valence-electron chi connectivity index (χ2n) is 19.6. The molecule has 2 aromatic heterocycles. The Kier molecular flexibility index (Phi) is 14.1. The summed E-state index contributed by atoms with van der Waals surface area (Å²) in [5.74, 6) is 1.33. The molecule has 8 rings (SSSR count). The van der Waals surface area contributed by atoms with Gasteiger partial charge >= 0.3 is 0 Å². The Hall–Kier alpha value is -5.50. The van der Waals surface area contributed by atoms with Crippen LogP contribution in [0.5, 0.6) is 0 Å². The van der Waals surface area contributed by atoms with E-state index in [2.05, 4.69) is 221 Å². The Bertz CT molecular complexity index is 2520. The van der Waals surface area contributed by atoms with Crippen molar-refractivity contribution in [2.45, 2.75) is 129 Å². The van der Waals surface area contributed by atoms with Crippen molar-refractivity contribution in [2.24, 2.45) is 0 Å². The number of benzene rings is 5. The standard InChI is InChI=1S/C61H67N2OP/c1-38(2)47-28-19-29-48(39(3)4)59(47)57(44-24-13-11-14-25-44)51-32-21-33-52(58(45-26-15-12-16-27-45)60-49(40(5)6)30-20-31-50(60)41(7)8)61(51)65-55(53-34-17-22-42(9)62-53)36-46(64)37-56(65)54-35-18-23-43(10)63-54/h11-35,38-41,55-58H,36-37H2,1-10H3. The summed E-state index contributed by atoms with van der Waals surface area (Å²) in [6.45, 7) is 22.9. The number of carbonyl (C=O) groups excluding carboxylic acids is 1. The van der Waals surface area contributed by atoms with Gasteiger partial charge in [0.25, 0.3) is 0 Å². The van der Waals surface area contributed by atoms with E-state index in [0.29, 0.717) is 36.5 Å². The van der Waals surface area contributed by atoms with Gasteiger partial charge in [0, 0.05) is 58.8 Å². The summed E-state index contributed by atoms with van der Waals surface area (Å²) in [6, 6.07) is 56.6. The fourth-order valence-electron chi connectivity index (χ4n) is 10.8. The molecule has 65 heavy (non-hydrogen) atoms. The summed E-state index contributed by atoms with van der Waals surface area (Å²) in [5.41, 5.74) is 17.3. The van der Waals surface area contributed by atoms with Crippen molar-refractivity contribution < 1.29 is 4.79 Å². The van der Waals surface area contributed by atoms with Crippen LogP contribution < -0.4 is 5.30 Å². The van der Waals surface area contributed by atoms with Gasteiger partial charge in [-0.05, 0) is 123 Å². The Balaban J connectivity index is 1.60. The van der Waals surface area contributed by atoms with Crippen LogP contribution in [0.2, 0.25) is 0 Å². The van der Waals surface area contributed by atoms with Crippen molar-refractivity contribution in [3.63, 3.8) is 0 Å². The zero-order chi connectivity index (χ0) is 45.9. The van der Waals surface area contributed by atoms with Gasteiger partial charge in [-0.25, -0.2) is 0 Å². The Morgan fingerprint density at radius 3 is 1.06 bits per heavy atom. The molecule has 0 aliphatic carbocycles. The van der Waals surface area contributed by atoms with Crippen molar-refractivity contribution in [1.29, 1.82) is 0 Å². The van der Waals surface area contributed by atoms with Crippen LogP contribution >= 0.6 is 7.92 Å². The minimum atomic E-state index is -1.21. The van der Waals surface area contributed by atoms with E-state index in [1.165, 1.54) is 60.9 Å². The van der Waals surface area contributed by atoms with Gasteiger partial charge in [-0.3, -0.25) is 14.8 Å². The maximum Gasteiger partial charge on any atom is 0.134 e. The molecule has 0 radical (unpaired) electrons. The summed E-state index contributed by atoms with van der Waals surface area (Å²) in [4.78, 5) is 25.2. The lowest BCUT2D eigenvalue weighted by molar-refractivity contribution is -0.119. The van der Waals surface area contributed by atoms with Crippen molar-refractivity contribution >= 4 is 19.0 Å². The molecular weight excluding hydrogens is 808 g/mol. The number of nitrogens with zero attached hydrogens (tertiary/aromatic N) is 2. The quantitative estimate of drug-likeness (QED) is 0.0856. The highest BCUT2D eigenvalue weighted by Gasteiger charge is 2.45. The summed E-state index contributed by atoms with van der Waals surface area (Å²) in [6.07, 6.45) is 0.897. The van der Waals surface area contributed by atoms with Crippen LogP contribution in [-0.2, 0) is 4.79 Å². The summed E-state index contributed by atoms with van der Waals surface area (Å²) in [7, 11) is -1.21. The second-order valence-corrected chi connectivity index (χ2v) is 22.1. The third kappa shape index (κ3) is 9.46. The molecule has 7 aromatic rings. The third-order valence-corrected chi connectivity index (χ3v) is 16.9. The van der Waals surface area contributed by atoms with Crippen LogP contribution in [-0.4, -0.2) is 15.8 Å². The van der Waals surface area contributed by atoms with Gasteiger partial charge in [-0.2, -0.15) is 0 Å². The predicted octanol–water partition coefficient (Wildman–Crippen LogP) is 15.9. The zero-order valence-corrected chi connectivity index (χ0v) is 41.1. The van der Waals surface area contributed by atoms with Crippen molar-refractivity contribution in [1.82, 2.24) is 9.97 Å². The fourth-order valence-corrected chi connectivity index (χ4v) is 14.5. The molecule has 3 heterocycles. The first-order valence-electron chi connectivity index (χ1n) is 24.0. The van der Waals surface area contributed by atoms with Gasteiger partial charge in [0.2, 0.25) is 0 Å². The third-order valence-electron chi connectivity index (χ3n) is 13.7. The molecule has 0 N–H and O–H groups in total. The van der Waals surface area contributed by atoms with E-state index in [1.54, 1.807) is 0 Å². The normalized spacial score (nSPS) is 17.6. The van der Waals surface area contributed by atoms with Gasteiger partial charge < -0.3 is 0 Å². The summed E-state index contributed by atoms with van der Waals surface area (Å²) >= 11 is 0. The van der Waals surface area contributed by atoms with Crippen LogP contribution in [0.15, 0.2) is 152 Å². The van der Waals surface area contributed by atoms with Crippen molar-refractivity contribution in [2.75, 3.05) is 0 Å². The smallest absolute Gasteiger partial charge is 0.134 e. The summed E-state index contributed by atoms with van der Waals surface area (Å²) in [5, 5.41) is 1.39. The highest BCUT2D eigenvalue weighted by atomic mass is 31.1. The van der Waals surface area contributed by atoms with Crippen molar-refractivity contribution in [3.8, 4) is 0 Å². The molecule has 3 nitrogen and oxygen atoms in total. The average molecular weight is 875 g/mol. The number of Topliss-reactive ketones (excluding diaryl/α,β-unsaturated/α-hetero) is 1. The highest BCUT2D eigenvalue weighted by Crippen LogP contribution is 2.68. The summed E-state index contributed by atoms with van der Waals surface area (Å²) < 4.78 is 0. The number of rotatable bonds is 13. The van der Waals surface area contributed by atoms with E-state index in [1.807, 2.05) is 0 Å². The van der Waals surface area contributed by atoms with Crippen LogP contribution in [0, 0.1) is 13.8 Å². The molecule has 1 aliphatic rings. The van der Waals surface area contributed by atoms with Gasteiger partial charge in [0.15, 0.2) is 0 Å². The Morgan fingerprint density at radius 1 is 0.415 bits per heavy atom. The van der Waals surface area contributed by atoms with Gasteiger partial charge in [0.1, 0.15) is 5.78 Å². The predicted molar refractivity (Wildman–Crippen MR) is 275 cm³/mol. The lowest BCUT2D eigenvalue weighted by Gasteiger charge is -2.42. The molecular formula is C61H67N2OP. The van der Waals surface area contributed by atoms with Crippen LogP contribution in [0.3, 0.4) is 0 Å². The van der Waals surface area contributed by atoms with Crippen molar-refractivity contribution in [3.05, 3.63) is 230 Å². The zero-order valence-electron chi connectivity index (χ0n) is 40.2. The van der Waals surface area contributed by atoms with E-state index in [-0.39, 0.29) is 28.9 Å². The lowest BCUT2D eigenvalue weighted by Crippen LogP contribution is -2.31. The van der Waals surface area contributed by atoms with E-state index >= 15 is 0 Å². The number of pyridine rings is 2. The number of aromatic nitrogens is 2. The first kappa shape index (κ1) is 46.0.